The number of aliphatic carboxylic acids is 2. The second kappa shape index (κ2) is 9.73. The molecule has 10 nitrogen and oxygen atoms in total. The quantitative estimate of drug-likeness (QED) is 0.332. The Morgan fingerprint density at radius 1 is 0.938 bits per heavy atom. The molecule has 1 unspecified atom stereocenters. The molecule has 32 heavy (non-hydrogen) atoms. The lowest BCUT2D eigenvalue weighted by Gasteiger charge is -2.13. The molecule has 1 amide bonds. The highest BCUT2D eigenvalue weighted by molar-refractivity contribution is 5.96. The van der Waals surface area contributed by atoms with Crippen molar-refractivity contribution in [3.8, 4) is 0 Å². The van der Waals surface area contributed by atoms with Gasteiger partial charge in [0.15, 0.2) is 0 Å². The number of aromatic nitrogens is 2. The molecule has 166 valence electrons. The van der Waals surface area contributed by atoms with Crippen molar-refractivity contribution in [1.29, 1.82) is 0 Å². The molecule has 0 aliphatic carbocycles. The van der Waals surface area contributed by atoms with Crippen molar-refractivity contribution in [1.82, 2.24) is 15.3 Å². The van der Waals surface area contributed by atoms with Crippen molar-refractivity contribution in [2.45, 2.75) is 31.7 Å². The summed E-state index contributed by atoms with van der Waals surface area (Å²) in [7, 11) is 0. The normalized spacial score (nSPS) is 11.8. The number of carbonyl (C=O) groups excluding carboxylic acids is 1. The topological polar surface area (TPSA) is 182 Å². The molecule has 0 radical (unpaired) electrons. The fourth-order valence-corrected chi connectivity index (χ4v) is 3.25. The van der Waals surface area contributed by atoms with Gasteiger partial charge in [0, 0.05) is 17.4 Å². The number of nitrogens with zero attached hydrogens (tertiary/aromatic N) is 2. The van der Waals surface area contributed by atoms with E-state index in [1.165, 1.54) is 0 Å². The number of amides is 1. The van der Waals surface area contributed by atoms with E-state index in [9.17, 15) is 19.5 Å². The number of aryl methyl sites for hydroxylation is 2. The fourth-order valence-electron chi connectivity index (χ4n) is 3.25. The Bertz CT molecular complexity index is 1160. The van der Waals surface area contributed by atoms with Crippen LogP contribution in [0, 0.1) is 0 Å². The molecule has 3 rings (SSSR count). The number of hydrogen-bond donors (Lipinski definition) is 5. The van der Waals surface area contributed by atoms with Gasteiger partial charge in [0.05, 0.1) is 5.52 Å². The minimum atomic E-state index is -1.28. The molecule has 0 aliphatic rings. The molecule has 1 atom stereocenters. The molecule has 0 saturated heterocycles. The molecule has 0 aliphatic heterocycles. The number of carbonyl (C=O) groups is 3. The Balaban J connectivity index is 1.62. The Hall–Kier alpha value is -4.21. The van der Waals surface area contributed by atoms with E-state index in [2.05, 4.69) is 15.3 Å². The van der Waals surface area contributed by atoms with Crippen LogP contribution in [0.3, 0.4) is 0 Å². The molecular weight excluding hydrogens is 414 g/mol. The first-order chi connectivity index (χ1) is 15.2. The predicted molar refractivity (Wildman–Crippen MR) is 118 cm³/mol. The third-order valence-corrected chi connectivity index (χ3v) is 4.98. The van der Waals surface area contributed by atoms with Crippen LogP contribution in [0.1, 0.15) is 34.3 Å². The number of anilines is 2. The number of carboxylic acids is 2. The zero-order valence-corrected chi connectivity index (χ0v) is 17.1. The first-order valence-electron chi connectivity index (χ1n) is 9.89. The van der Waals surface area contributed by atoms with Crippen LogP contribution in [0.4, 0.5) is 11.8 Å². The van der Waals surface area contributed by atoms with E-state index in [1.807, 2.05) is 18.2 Å². The van der Waals surface area contributed by atoms with Crippen molar-refractivity contribution in [2.75, 3.05) is 11.5 Å². The van der Waals surface area contributed by atoms with Crippen molar-refractivity contribution in [3.05, 3.63) is 59.2 Å². The maximum Gasteiger partial charge on any atom is 0.326 e. The Morgan fingerprint density at radius 2 is 1.59 bits per heavy atom. The monoisotopic (exact) mass is 437 g/mol. The second-order valence-corrected chi connectivity index (χ2v) is 7.31. The first-order valence-corrected chi connectivity index (χ1v) is 9.89. The zero-order chi connectivity index (χ0) is 23.3. The van der Waals surface area contributed by atoms with E-state index in [0.717, 1.165) is 22.9 Å². The molecule has 2 aromatic carbocycles. The van der Waals surface area contributed by atoms with Gasteiger partial charge in [0.2, 0.25) is 5.95 Å². The minimum absolute atomic E-state index is 0.128. The lowest BCUT2D eigenvalue weighted by Crippen LogP contribution is -2.41. The van der Waals surface area contributed by atoms with Crippen molar-refractivity contribution < 1.29 is 24.6 Å². The van der Waals surface area contributed by atoms with E-state index < -0.39 is 23.9 Å². The molecule has 7 N–H and O–H groups in total. The summed E-state index contributed by atoms with van der Waals surface area (Å²) in [5.74, 6) is -2.52. The Labute approximate surface area is 183 Å². The average molecular weight is 437 g/mol. The zero-order valence-electron chi connectivity index (χ0n) is 17.1. The van der Waals surface area contributed by atoms with Gasteiger partial charge in [-0.15, -0.1) is 0 Å². The largest absolute Gasteiger partial charge is 0.481 e. The summed E-state index contributed by atoms with van der Waals surface area (Å²) in [6.07, 6.45) is 0.888. The molecule has 3 aromatic rings. The second-order valence-electron chi connectivity index (χ2n) is 7.31. The number of nitrogens with one attached hydrogen (secondary N) is 1. The van der Waals surface area contributed by atoms with Crippen LogP contribution in [0.5, 0.6) is 0 Å². The van der Waals surface area contributed by atoms with Crippen LogP contribution in [-0.2, 0) is 22.4 Å². The highest BCUT2D eigenvalue weighted by Crippen LogP contribution is 2.21. The van der Waals surface area contributed by atoms with Crippen molar-refractivity contribution in [3.63, 3.8) is 0 Å². The molecule has 1 heterocycles. The van der Waals surface area contributed by atoms with Crippen LogP contribution in [0.15, 0.2) is 42.5 Å². The van der Waals surface area contributed by atoms with Crippen LogP contribution in [-0.4, -0.2) is 44.1 Å². The van der Waals surface area contributed by atoms with Crippen LogP contribution < -0.4 is 16.8 Å². The molecule has 0 fully saturated rings. The molecule has 0 spiro atoms. The number of benzene rings is 2. The molecule has 0 saturated carbocycles. The lowest BCUT2D eigenvalue weighted by molar-refractivity contribution is -0.140. The lowest BCUT2D eigenvalue weighted by atomic mass is 10.0. The minimum Gasteiger partial charge on any atom is -0.481 e. The van der Waals surface area contributed by atoms with E-state index in [-0.39, 0.29) is 18.8 Å². The number of nitrogens with two attached hydrogens (primary N) is 2. The average Bonchev–Trinajstić information content (AvgIpc) is 2.75. The number of nitrogen functional groups attached to an aromatic ring is 2. The Morgan fingerprint density at radius 3 is 2.25 bits per heavy atom. The summed E-state index contributed by atoms with van der Waals surface area (Å²) in [6, 6.07) is 11.2. The number of carboxylic acid groups (broad SMARTS) is 2. The summed E-state index contributed by atoms with van der Waals surface area (Å²) >= 11 is 0. The van der Waals surface area contributed by atoms with Gasteiger partial charge in [-0.2, -0.15) is 4.98 Å². The van der Waals surface area contributed by atoms with Crippen LogP contribution >= 0.6 is 0 Å². The van der Waals surface area contributed by atoms with Crippen LogP contribution in [0.2, 0.25) is 0 Å². The van der Waals surface area contributed by atoms with Gasteiger partial charge >= 0.3 is 11.9 Å². The Kier molecular flexibility index (Phi) is 6.83. The SMILES string of the molecule is Nc1nc(N)c2cc(CCc3ccc(C(=O)NC(CCC(=O)O)C(=O)O)cc3)ccc2n1. The highest BCUT2D eigenvalue weighted by Gasteiger charge is 2.21. The van der Waals surface area contributed by atoms with Gasteiger partial charge < -0.3 is 27.0 Å². The highest BCUT2D eigenvalue weighted by atomic mass is 16.4. The molecular formula is C22H23N5O5. The number of fused-ring (bicyclic) bond motifs is 1. The summed E-state index contributed by atoms with van der Waals surface area (Å²) in [6.45, 7) is 0. The van der Waals surface area contributed by atoms with Crippen LogP contribution in [0.25, 0.3) is 10.9 Å². The van der Waals surface area contributed by atoms with E-state index >= 15 is 0 Å². The maximum absolute atomic E-state index is 12.3. The van der Waals surface area contributed by atoms with Gasteiger partial charge in [0.25, 0.3) is 5.91 Å². The van der Waals surface area contributed by atoms with E-state index in [0.29, 0.717) is 23.3 Å². The molecule has 1 aromatic heterocycles. The van der Waals surface area contributed by atoms with Gasteiger partial charge in [-0.1, -0.05) is 18.2 Å². The molecule has 0 bridgehead atoms. The smallest absolute Gasteiger partial charge is 0.326 e. The van der Waals surface area contributed by atoms with E-state index in [4.69, 9.17) is 16.6 Å². The maximum atomic E-state index is 12.3. The third-order valence-electron chi connectivity index (χ3n) is 4.98. The summed E-state index contributed by atoms with van der Waals surface area (Å²) in [4.78, 5) is 42.4. The van der Waals surface area contributed by atoms with Gasteiger partial charge in [-0.3, -0.25) is 9.59 Å². The predicted octanol–water partition coefficient (Wildman–Crippen LogP) is 1.63. The standard InChI is InChI=1S/C22H23N5O5/c23-19-15-11-13(5-8-16(15)26-22(24)27-19)2-1-12-3-6-14(7-4-12)20(30)25-17(21(31)32)9-10-18(28)29/h3-8,11,17H,1-2,9-10H2,(H,25,30)(H,28,29)(H,31,32)(H4,23,24,26,27). The summed E-state index contributed by atoms with van der Waals surface area (Å²) < 4.78 is 0. The number of hydrogen-bond acceptors (Lipinski definition) is 7. The summed E-state index contributed by atoms with van der Waals surface area (Å²) in [5, 5.41) is 21.0. The van der Waals surface area contributed by atoms with Crippen molar-refractivity contribution >= 4 is 40.5 Å². The third kappa shape index (κ3) is 5.69. The number of rotatable bonds is 9. The fraction of sp³-hybridized carbons (Fsp3) is 0.227. The first kappa shape index (κ1) is 22.5. The van der Waals surface area contributed by atoms with E-state index in [1.54, 1.807) is 24.3 Å². The van der Waals surface area contributed by atoms with Gasteiger partial charge in [-0.05, 0) is 54.7 Å². The van der Waals surface area contributed by atoms with Gasteiger partial charge in [-0.25, -0.2) is 9.78 Å². The molecule has 10 heteroatoms. The summed E-state index contributed by atoms with van der Waals surface area (Å²) in [5.41, 5.74) is 14.6. The van der Waals surface area contributed by atoms with Crippen molar-refractivity contribution in [2.24, 2.45) is 0 Å². The van der Waals surface area contributed by atoms with Gasteiger partial charge in [0.1, 0.15) is 11.9 Å².